The molecule has 4 aliphatic rings. The molecule has 2 amide bonds. The van der Waals surface area contributed by atoms with Crippen molar-refractivity contribution in [2.75, 3.05) is 31.5 Å². The van der Waals surface area contributed by atoms with Gasteiger partial charge >= 0.3 is 0 Å². The first-order chi connectivity index (χ1) is 16.0. The minimum Gasteiger partial charge on any atom is -0.358 e. The Morgan fingerprint density at radius 1 is 1.15 bits per heavy atom. The van der Waals surface area contributed by atoms with Gasteiger partial charge in [0.2, 0.25) is 0 Å². The number of halogens is 1. The van der Waals surface area contributed by atoms with E-state index in [2.05, 4.69) is 20.1 Å². The topological polar surface area (TPSA) is 68.4 Å². The first kappa shape index (κ1) is 21.0. The van der Waals surface area contributed by atoms with Crippen LogP contribution in [0, 0.1) is 6.92 Å². The van der Waals surface area contributed by atoms with Gasteiger partial charge in [0, 0.05) is 36.1 Å². The molecule has 0 radical (unpaired) electrons. The van der Waals surface area contributed by atoms with Crippen molar-refractivity contribution in [1.82, 2.24) is 14.8 Å². The van der Waals surface area contributed by atoms with E-state index < -0.39 is 0 Å². The van der Waals surface area contributed by atoms with Gasteiger partial charge < -0.3 is 20.1 Å². The molecule has 6 rings (SSSR count). The maximum absolute atomic E-state index is 13.8. The molecule has 2 aromatic rings. The smallest absolute Gasteiger partial charge is 0.256 e. The zero-order chi connectivity index (χ0) is 22.7. The molecule has 0 spiro atoms. The Morgan fingerprint density at radius 2 is 1.97 bits per heavy atom. The minimum absolute atomic E-state index is 0.119. The molecular weight excluding hydrogens is 436 g/mol. The Hall–Kier alpha value is -2.57. The standard InChI is InChI=1S/C26H29ClN4O2/c1-15-21(26(33)31-13-5-6-16(31)14-30-11-2-3-12-30)18-9-10-19(23(18)28-15)22-17-7-4-8-20(27)24(17)29-25(22)32/h4,7-8,16,28H,2-3,5-6,9-14H2,1H3,(H,29,32)/b22-19-/t16-/m0/s1. The molecule has 6 nitrogen and oxygen atoms in total. The summed E-state index contributed by atoms with van der Waals surface area (Å²) in [6.45, 7) is 6.12. The molecule has 2 saturated heterocycles. The van der Waals surface area contributed by atoms with Gasteiger partial charge in [-0.15, -0.1) is 0 Å². The van der Waals surface area contributed by atoms with Crippen LogP contribution in [0.1, 0.15) is 65.0 Å². The molecular formula is C26H29ClN4O2. The van der Waals surface area contributed by atoms with Crippen LogP contribution in [-0.4, -0.2) is 58.8 Å². The predicted molar refractivity (Wildman–Crippen MR) is 130 cm³/mol. The van der Waals surface area contributed by atoms with Crippen LogP contribution < -0.4 is 5.32 Å². The second kappa shape index (κ2) is 8.03. The number of nitrogens with zero attached hydrogens (tertiary/aromatic N) is 2. The number of anilines is 1. The number of carbonyl (C=O) groups is 2. The average molecular weight is 465 g/mol. The fraction of sp³-hybridized carbons (Fsp3) is 0.462. The summed E-state index contributed by atoms with van der Waals surface area (Å²) in [4.78, 5) is 34.8. The third-order valence-electron chi connectivity index (χ3n) is 7.79. The second-order valence-corrected chi connectivity index (χ2v) is 10.2. The largest absolute Gasteiger partial charge is 0.358 e. The first-order valence-corrected chi connectivity index (χ1v) is 12.5. The molecule has 1 aliphatic carbocycles. The van der Waals surface area contributed by atoms with Gasteiger partial charge in [0.25, 0.3) is 11.8 Å². The van der Waals surface area contributed by atoms with E-state index in [-0.39, 0.29) is 11.8 Å². The average Bonchev–Trinajstić information content (AvgIpc) is 3.58. The number of amides is 2. The number of hydrogen-bond donors (Lipinski definition) is 2. The molecule has 172 valence electrons. The summed E-state index contributed by atoms with van der Waals surface area (Å²) in [5, 5.41) is 3.48. The summed E-state index contributed by atoms with van der Waals surface area (Å²) in [5.41, 5.74) is 6.93. The van der Waals surface area contributed by atoms with Crippen molar-refractivity contribution in [3.63, 3.8) is 0 Å². The highest BCUT2D eigenvalue weighted by Crippen LogP contribution is 2.46. The number of rotatable bonds is 3. The van der Waals surface area contributed by atoms with Crippen LogP contribution in [0.15, 0.2) is 18.2 Å². The van der Waals surface area contributed by atoms with E-state index >= 15 is 0 Å². The predicted octanol–water partition coefficient (Wildman–Crippen LogP) is 4.49. The molecule has 3 aliphatic heterocycles. The van der Waals surface area contributed by atoms with Crippen molar-refractivity contribution < 1.29 is 9.59 Å². The van der Waals surface area contributed by atoms with Crippen LogP contribution in [0.5, 0.6) is 0 Å². The number of benzene rings is 1. The molecule has 0 saturated carbocycles. The number of aromatic amines is 1. The molecule has 0 unspecified atom stereocenters. The lowest BCUT2D eigenvalue weighted by Gasteiger charge is -2.29. The summed E-state index contributed by atoms with van der Waals surface area (Å²) in [5.74, 6) is 0.0311. The third kappa shape index (κ3) is 3.34. The zero-order valence-corrected chi connectivity index (χ0v) is 19.7. The van der Waals surface area contributed by atoms with Crippen LogP contribution in [-0.2, 0) is 11.2 Å². The summed E-state index contributed by atoms with van der Waals surface area (Å²) in [6.07, 6.45) is 6.21. The van der Waals surface area contributed by atoms with Crippen molar-refractivity contribution in [3.05, 3.63) is 51.3 Å². The normalized spacial score (nSPS) is 24.5. The van der Waals surface area contributed by atoms with Gasteiger partial charge in [0.1, 0.15) is 0 Å². The van der Waals surface area contributed by atoms with Crippen LogP contribution >= 0.6 is 11.6 Å². The van der Waals surface area contributed by atoms with Crippen molar-refractivity contribution in [3.8, 4) is 0 Å². The first-order valence-electron chi connectivity index (χ1n) is 12.1. The molecule has 4 heterocycles. The van der Waals surface area contributed by atoms with E-state index in [4.69, 9.17) is 11.6 Å². The van der Waals surface area contributed by atoms with Gasteiger partial charge in [-0.1, -0.05) is 23.7 Å². The lowest BCUT2D eigenvalue weighted by atomic mass is 9.99. The second-order valence-electron chi connectivity index (χ2n) is 9.75. The van der Waals surface area contributed by atoms with Gasteiger partial charge in [-0.25, -0.2) is 0 Å². The Bertz CT molecular complexity index is 1190. The molecule has 1 aromatic carbocycles. The Morgan fingerprint density at radius 3 is 2.79 bits per heavy atom. The molecule has 7 heteroatoms. The highest BCUT2D eigenvalue weighted by Gasteiger charge is 2.38. The number of carbonyl (C=O) groups excluding carboxylic acids is 2. The quantitative estimate of drug-likeness (QED) is 0.658. The number of hydrogen-bond acceptors (Lipinski definition) is 3. The summed E-state index contributed by atoms with van der Waals surface area (Å²) in [6, 6.07) is 5.91. The van der Waals surface area contributed by atoms with Crippen molar-refractivity contribution in [2.24, 2.45) is 0 Å². The highest BCUT2D eigenvalue weighted by molar-refractivity contribution is 6.42. The monoisotopic (exact) mass is 464 g/mol. The summed E-state index contributed by atoms with van der Waals surface area (Å²) < 4.78 is 0. The van der Waals surface area contributed by atoms with E-state index in [1.807, 2.05) is 19.1 Å². The van der Waals surface area contributed by atoms with Crippen LogP contribution in [0.4, 0.5) is 5.69 Å². The highest BCUT2D eigenvalue weighted by atomic mass is 35.5. The van der Waals surface area contributed by atoms with E-state index in [0.717, 1.165) is 85.5 Å². The number of allylic oxidation sites excluding steroid dienone is 1. The molecule has 0 bridgehead atoms. The molecule has 1 aromatic heterocycles. The number of aromatic nitrogens is 1. The molecule has 2 N–H and O–H groups in total. The van der Waals surface area contributed by atoms with Gasteiger partial charge in [-0.2, -0.15) is 0 Å². The van der Waals surface area contributed by atoms with Crippen LogP contribution in [0.25, 0.3) is 11.1 Å². The van der Waals surface area contributed by atoms with Crippen molar-refractivity contribution in [1.29, 1.82) is 0 Å². The lowest BCUT2D eigenvalue weighted by molar-refractivity contribution is -0.110. The van der Waals surface area contributed by atoms with Crippen molar-refractivity contribution in [2.45, 2.75) is 51.5 Å². The number of fused-ring (bicyclic) bond motifs is 2. The van der Waals surface area contributed by atoms with Gasteiger partial charge in [0.15, 0.2) is 0 Å². The minimum atomic E-state index is -0.119. The number of aryl methyl sites for hydroxylation is 1. The Balaban J connectivity index is 1.35. The van der Waals surface area contributed by atoms with Gasteiger partial charge in [-0.05, 0) is 75.7 Å². The Labute approximate surface area is 199 Å². The number of nitrogens with one attached hydrogen (secondary N) is 2. The third-order valence-corrected chi connectivity index (χ3v) is 8.10. The SMILES string of the molecule is Cc1[nH]c2c(c1C(=O)N1CCC[C@H]1CN1CCCC1)CC/C2=C1/C(=O)Nc2c(Cl)cccc21. The van der Waals surface area contributed by atoms with Crippen molar-refractivity contribution >= 4 is 40.2 Å². The van der Waals surface area contributed by atoms with E-state index in [0.29, 0.717) is 22.3 Å². The van der Waals surface area contributed by atoms with E-state index in [1.54, 1.807) is 6.07 Å². The molecule has 33 heavy (non-hydrogen) atoms. The fourth-order valence-corrected chi connectivity index (χ4v) is 6.48. The number of H-pyrrole nitrogens is 1. The van der Waals surface area contributed by atoms with Crippen LogP contribution in [0.2, 0.25) is 5.02 Å². The number of para-hydroxylation sites is 1. The lowest BCUT2D eigenvalue weighted by Crippen LogP contribution is -2.42. The molecule has 1 atom stereocenters. The van der Waals surface area contributed by atoms with E-state index in [1.165, 1.54) is 12.8 Å². The maximum atomic E-state index is 13.8. The maximum Gasteiger partial charge on any atom is 0.256 e. The zero-order valence-electron chi connectivity index (χ0n) is 19.0. The summed E-state index contributed by atoms with van der Waals surface area (Å²) in [7, 11) is 0. The molecule has 2 fully saturated rings. The van der Waals surface area contributed by atoms with E-state index in [9.17, 15) is 9.59 Å². The summed E-state index contributed by atoms with van der Waals surface area (Å²) >= 11 is 6.33. The fourth-order valence-electron chi connectivity index (χ4n) is 6.26. The Kier molecular flexibility index (Phi) is 5.11. The van der Waals surface area contributed by atoms with Gasteiger partial charge in [-0.3, -0.25) is 9.59 Å². The van der Waals surface area contributed by atoms with Gasteiger partial charge in [0.05, 0.1) is 21.8 Å². The number of likely N-dealkylation sites (tertiary alicyclic amines) is 2. The van der Waals surface area contributed by atoms with Crippen LogP contribution in [0.3, 0.4) is 0 Å².